The van der Waals surface area contributed by atoms with Crippen molar-refractivity contribution in [2.45, 2.75) is 26.8 Å². The third kappa shape index (κ3) is 5.10. The predicted octanol–water partition coefficient (Wildman–Crippen LogP) is 1.34. The highest BCUT2D eigenvalue weighted by molar-refractivity contribution is 5.42. The molecule has 0 aliphatic heterocycles. The minimum atomic E-state index is 0.672. The van der Waals surface area contributed by atoms with Crippen LogP contribution in [0.2, 0.25) is 0 Å². The standard InChI is InChI=1S/C12H22N4O/c1-4-5-13-8-11-9-15-10(2)16-12(11)14-6-7-17-3/h9,13H,4-8H2,1-3H3,(H,14,15,16). The average Bonchev–Trinajstić information content (AvgIpc) is 2.32. The van der Waals surface area contributed by atoms with Gasteiger partial charge in [-0.25, -0.2) is 9.97 Å². The summed E-state index contributed by atoms with van der Waals surface area (Å²) in [4.78, 5) is 8.63. The molecule has 0 bridgehead atoms. The molecule has 0 saturated heterocycles. The van der Waals surface area contributed by atoms with Gasteiger partial charge < -0.3 is 15.4 Å². The van der Waals surface area contributed by atoms with E-state index in [0.717, 1.165) is 43.3 Å². The summed E-state index contributed by atoms with van der Waals surface area (Å²) in [5.74, 6) is 1.68. The highest BCUT2D eigenvalue weighted by atomic mass is 16.5. The second kappa shape index (κ2) is 7.97. The van der Waals surface area contributed by atoms with E-state index in [-0.39, 0.29) is 0 Å². The molecule has 0 fully saturated rings. The molecule has 0 aliphatic carbocycles. The van der Waals surface area contributed by atoms with Gasteiger partial charge in [-0.1, -0.05) is 6.92 Å². The first-order valence-electron chi connectivity index (χ1n) is 6.04. The summed E-state index contributed by atoms with van der Waals surface area (Å²) in [5.41, 5.74) is 1.10. The molecule has 0 aliphatic rings. The smallest absolute Gasteiger partial charge is 0.134 e. The van der Waals surface area contributed by atoms with E-state index < -0.39 is 0 Å². The second-order valence-electron chi connectivity index (χ2n) is 3.89. The lowest BCUT2D eigenvalue weighted by Gasteiger charge is -2.11. The third-order valence-electron chi connectivity index (χ3n) is 2.33. The molecule has 0 radical (unpaired) electrons. The van der Waals surface area contributed by atoms with Crippen molar-refractivity contribution in [1.82, 2.24) is 15.3 Å². The molecule has 17 heavy (non-hydrogen) atoms. The van der Waals surface area contributed by atoms with Crippen LogP contribution in [0.15, 0.2) is 6.20 Å². The van der Waals surface area contributed by atoms with Crippen LogP contribution in [0.5, 0.6) is 0 Å². The lowest BCUT2D eigenvalue weighted by atomic mass is 10.3. The Hall–Kier alpha value is -1.20. The maximum atomic E-state index is 5.01. The molecule has 0 atom stereocenters. The SMILES string of the molecule is CCCNCc1cnc(C)nc1NCCOC. The number of aryl methyl sites for hydroxylation is 1. The average molecular weight is 238 g/mol. The Morgan fingerprint density at radius 2 is 2.18 bits per heavy atom. The Bertz CT molecular complexity index is 330. The number of rotatable bonds is 8. The van der Waals surface area contributed by atoms with Crippen LogP contribution in [-0.4, -0.2) is 36.8 Å². The first-order valence-corrected chi connectivity index (χ1v) is 6.04. The fraction of sp³-hybridized carbons (Fsp3) is 0.667. The van der Waals surface area contributed by atoms with Crippen LogP contribution in [0.25, 0.3) is 0 Å². The number of nitrogens with zero attached hydrogens (tertiary/aromatic N) is 2. The topological polar surface area (TPSA) is 59.1 Å². The maximum absolute atomic E-state index is 5.01. The van der Waals surface area contributed by atoms with Gasteiger partial charge in [-0.15, -0.1) is 0 Å². The summed E-state index contributed by atoms with van der Waals surface area (Å²) in [6.45, 7) is 7.27. The first kappa shape index (κ1) is 13.9. The molecule has 1 aromatic rings. The van der Waals surface area contributed by atoms with E-state index in [0.29, 0.717) is 6.61 Å². The van der Waals surface area contributed by atoms with E-state index in [4.69, 9.17) is 4.74 Å². The summed E-state index contributed by atoms with van der Waals surface area (Å²) >= 11 is 0. The number of hydrogen-bond donors (Lipinski definition) is 2. The minimum Gasteiger partial charge on any atom is -0.383 e. The quantitative estimate of drug-likeness (QED) is 0.669. The highest BCUT2D eigenvalue weighted by Crippen LogP contribution is 2.10. The molecule has 0 saturated carbocycles. The fourth-order valence-electron chi connectivity index (χ4n) is 1.45. The largest absolute Gasteiger partial charge is 0.383 e. The van der Waals surface area contributed by atoms with Crippen molar-refractivity contribution < 1.29 is 4.74 Å². The van der Waals surface area contributed by atoms with Gasteiger partial charge in [0, 0.05) is 32.0 Å². The first-order chi connectivity index (χ1) is 8.27. The third-order valence-corrected chi connectivity index (χ3v) is 2.33. The number of aromatic nitrogens is 2. The van der Waals surface area contributed by atoms with Crippen molar-refractivity contribution in [3.63, 3.8) is 0 Å². The Labute approximate surface area is 103 Å². The maximum Gasteiger partial charge on any atom is 0.134 e. The number of ether oxygens (including phenoxy) is 1. The van der Waals surface area contributed by atoms with Gasteiger partial charge in [-0.3, -0.25) is 0 Å². The van der Waals surface area contributed by atoms with Crippen LogP contribution in [0, 0.1) is 6.92 Å². The zero-order chi connectivity index (χ0) is 12.5. The molecule has 0 unspecified atom stereocenters. The van der Waals surface area contributed by atoms with Gasteiger partial charge in [-0.2, -0.15) is 0 Å². The van der Waals surface area contributed by atoms with Crippen LogP contribution in [0.3, 0.4) is 0 Å². The fourth-order valence-corrected chi connectivity index (χ4v) is 1.45. The van der Waals surface area contributed by atoms with E-state index in [9.17, 15) is 0 Å². The van der Waals surface area contributed by atoms with Gasteiger partial charge in [0.25, 0.3) is 0 Å². The van der Waals surface area contributed by atoms with Gasteiger partial charge in [0.15, 0.2) is 0 Å². The summed E-state index contributed by atoms with van der Waals surface area (Å²) in [7, 11) is 1.69. The minimum absolute atomic E-state index is 0.672. The molecule has 5 nitrogen and oxygen atoms in total. The molecule has 2 N–H and O–H groups in total. The lowest BCUT2D eigenvalue weighted by Crippen LogP contribution is -2.18. The van der Waals surface area contributed by atoms with E-state index >= 15 is 0 Å². The van der Waals surface area contributed by atoms with Crippen LogP contribution in [0.1, 0.15) is 24.7 Å². The zero-order valence-corrected chi connectivity index (χ0v) is 10.9. The molecular weight excluding hydrogens is 216 g/mol. The van der Waals surface area contributed by atoms with Crippen molar-refractivity contribution >= 4 is 5.82 Å². The van der Waals surface area contributed by atoms with Gasteiger partial charge in [0.1, 0.15) is 11.6 Å². The second-order valence-corrected chi connectivity index (χ2v) is 3.89. The van der Waals surface area contributed by atoms with Crippen molar-refractivity contribution in [3.05, 3.63) is 17.6 Å². The van der Waals surface area contributed by atoms with Gasteiger partial charge >= 0.3 is 0 Å². The molecule has 1 rings (SSSR count). The van der Waals surface area contributed by atoms with Crippen molar-refractivity contribution in [2.75, 3.05) is 32.1 Å². The Balaban J connectivity index is 2.59. The predicted molar refractivity (Wildman–Crippen MR) is 69.1 cm³/mol. The molecule has 0 aromatic carbocycles. The number of hydrogen-bond acceptors (Lipinski definition) is 5. The molecule has 1 aromatic heterocycles. The van der Waals surface area contributed by atoms with Crippen molar-refractivity contribution in [3.8, 4) is 0 Å². The molecule has 1 heterocycles. The molecule has 96 valence electrons. The van der Waals surface area contributed by atoms with E-state index in [1.165, 1.54) is 0 Å². The summed E-state index contributed by atoms with van der Waals surface area (Å²) in [6.07, 6.45) is 3.00. The normalized spacial score (nSPS) is 10.5. The highest BCUT2D eigenvalue weighted by Gasteiger charge is 2.04. The van der Waals surface area contributed by atoms with E-state index in [1.807, 2.05) is 13.1 Å². The van der Waals surface area contributed by atoms with Crippen molar-refractivity contribution in [2.24, 2.45) is 0 Å². The zero-order valence-electron chi connectivity index (χ0n) is 10.9. The monoisotopic (exact) mass is 238 g/mol. The molecular formula is C12H22N4O. The Morgan fingerprint density at radius 3 is 2.88 bits per heavy atom. The molecule has 0 amide bonds. The summed E-state index contributed by atoms with van der Waals surface area (Å²) < 4.78 is 5.01. The number of nitrogens with one attached hydrogen (secondary N) is 2. The van der Waals surface area contributed by atoms with Crippen LogP contribution < -0.4 is 10.6 Å². The summed E-state index contributed by atoms with van der Waals surface area (Å²) in [6, 6.07) is 0. The van der Waals surface area contributed by atoms with Gasteiger partial charge in [0.05, 0.1) is 6.61 Å². The van der Waals surface area contributed by atoms with E-state index in [1.54, 1.807) is 7.11 Å². The molecule has 0 spiro atoms. The van der Waals surface area contributed by atoms with Crippen molar-refractivity contribution in [1.29, 1.82) is 0 Å². The van der Waals surface area contributed by atoms with Crippen LogP contribution >= 0.6 is 0 Å². The lowest BCUT2D eigenvalue weighted by molar-refractivity contribution is 0.210. The number of anilines is 1. The Morgan fingerprint density at radius 1 is 1.35 bits per heavy atom. The van der Waals surface area contributed by atoms with Crippen LogP contribution in [0.4, 0.5) is 5.82 Å². The van der Waals surface area contributed by atoms with Gasteiger partial charge in [0.2, 0.25) is 0 Å². The van der Waals surface area contributed by atoms with Gasteiger partial charge in [-0.05, 0) is 19.9 Å². The van der Waals surface area contributed by atoms with E-state index in [2.05, 4.69) is 27.5 Å². The van der Waals surface area contributed by atoms with Crippen LogP contribution in [-0.2, 0) is 11.3 Å². The Kier molecular flexibility index (Phi) is 6.50. The summed E-state index contributed by atoms with van der Waals surface area (Å²) in [5, 5.41) is 6.62. The number of methoxy groups -OCH3 is 1. The molecule has 5 heteroatoms.